The molecule has 432 valence electrons. The summed E-state index contributed by atoms with van der Waals surface area (Å²) in [6.45, 7) is 12.3. The van der Waals surface area contributed by atoms with E-state index in [1.807, 2.05) is 90.1 Å². The molecule has 0 spiro atoms. The fourth-order valence-electron chi connectivity index (χ4n) is 8.61. The van der Waals surface area contributed by atoms with Crippen molar-refractivity contribution >= 4 is 56.8 Å². The van der Waals surface area contributed by atoms with Crippen LogP contribution >= 0.6 is 23.2 Å². The van der Waals surface area contributed by atoms with Crippen LogP contribution in [0.25, 0.3) is 0 Å². The van der Waals surface area contributed by atoms with Crippen molar-refractivity contribution in [3.63, 3.8) is 0 Å². The summed E-state index contributed by atoms with van der Waals surface area (Å²) in [6, 6.07) is 16.2. The predicted octanol–water partition coefficient (Wildman–Crippen LogP) is 11.5. The zero-order chi connectivity index (χ0) is 57.0. The molecule has 2 aliphatic rings. The minimum absolute atomic E-state index is 0. The van der Waals surface area contributed by atoms with Crippen LogP contribution in [0, 0.1) is 61.2 Å². The number of methoxy groups -OCH3 is 3. The van der Waals surface area contributed by atoms with Crippen LogP contribution in [0.5, 0.6) is 0 Å². The van der Waals surface area contributed by atoms with E-state index in [-0.39, 0.29) is 54.8 Å². The molecular formula is C59H84Cl2N4O12S. The number of ketones is 2. The summed E-state index contributed by atoms with van der Waals surface area (Å²) in [5.74, 6) is 11.7. The van der Waals surface area contributed by atoms with E-state index < -0.39 is 27.3 Å². The van der Waals surface area contributed by atoms with Crippen molar-refractivity contribution < 1.29 is 56.6 Å². The number of benzene rings is 2. The van der Waals surface area contributed by atoms with Gasteiger partial charge < -0.3 is 33.6 Å². The topological polar surface area (TPSA) is 226 Å². The average Bonchev–Trinajstić information content (AvgIpc) is 3.88. The number of aryl methyl sites for hydroxylation is 2. The minimum Gasteiger partial charge on any atom is -0.481 e. The maximum absolute atomic E-state index is 13.5. The molecular weight excluding hydrogens is 1060 g/mol. The standard InChI is InChI=1S/C28H35ClN2O4.C27H33ClN2O4.CH4O3S.CH4O.2CH4/c1-19-6-8-21(9-7-19)18-31-25(23(30-27(31)29)16-17-28(2,3)35-5)24(32)15-12-20-10-13-22(14-11-20)26(33)34-4;1-18-5-7-20(8-6-18)17-30-24(22(29-26(30)28)15-16-27(2,3)34-4)23(31)14-11-19-9-12-21(13-10-19)25(32)33;1-5(2,3)4;1-2;;/h6-9,20,22H,10-15,18H2,1-5H3;5-8,19,21H,9-14,17H2,1-4H3,(H,32,33);1H3,(H,2,3,4);2H,1H3;2*1H4. The maximum Gasteiger partial charge on any atom is 0.308 e. The van der Waals surface area contributed by atoms with Crippen molar-refractivity contribution in [1.82, 2.24) is 19.1 Å². The van der Waals surface area contributed by atoms with Crippen LogP contribution in [-0.4, -0.2) is 112 Å². The Balaban J connectivity index is 0.000000681. The number of imidazole rings is 2. The number of carboxylic acid groups (broad SMARTS) is 1. The van der Waals surface area contributed by atoms with Gasteiger partial charge in [0.15, 0.2) is 11.6 Å². The number of aliphatic carboxylic acids is 1. The molecule has 0 atom stereocenters. The molecule has 3 N–H and O–H groups in total. The van der Waals surface area contributed by atoms with E-state index in [1.165, 1.54) is 7.11 Å². The van der Waals surface area contributed by atoms with Gasteiger partial charge in [-0.05, 0) is 164 Å². The van der Waals surface area contributed by atoms with E-state index in [1.54, 1.807) is 23.4 Å². The highest BCUT2D eigenvalue weighted by atomic mass is 35.5. The van der Waals surface area contributed by atoms with Crippen molar-refractivity contribution in [2.45, 2.75) is 158 Å². The highest BCUT2D eigenvalue weighted by Gasteiger charge is 2.30. The summed E-state index contributed by atoms with van der Waals surface area (Å²) < 4.78 is 45.0. The van der Waals surface area contributed by atoms with Crippen LogP contribution in [-0.2, 0) is 47.0 Å². The molecule has 16 nitrogen and oxygen atoms in total. The van der Waals surface area contributed by atoms with E-state index in [9.17, 15) is 32.7 Å². The number of hydrogen-bond acceptors (Lipinski definition) is 12. The number of ether oxygens (including phenoxy) is 3. The lowest BCUT2D eigenvalue weighted by molar-refractivity contribution is -0.147. The number of nitrogens with zero attached hydrogens (tertiary/aromatic N) is 4. The van der Waals surface area contributed by atoms with E-state index >= 15 is 0 Å². The molecule has 78 heavy (non-hydrogen) atoms. The van der Waals surface area contributed by atoms with Gasteiger partial charge in [0.1, 0.15) is 34.0 Å². The Morgan fingerprint density at radius 3 is 1.26 bits per heavy atom. The Bertz CT molecular complexity index is 2790. The molecule has 2 saturated carbocycles. The molecule has 19 heteroatoms. The molecule has 0 saturated heterocycles. The Morgan fingerprint density at radius 1 is 0.641 bits per heavy atom. The lowest BCUT2D eigenvalue weighted by Crippen LogP contribution is -2.23. The predicted molar refractivity (Wildman–Crippen MR) is 308 cm³/mol. The SMILES string of the molecule is C.C.CO.COC(=O)C1CCC(CCC(=O)c2c(C#CC(C)(C)OC)nc(Cl)n2Cc2ccc(C)cc2)CC1.COC(C)(C)C#Cc1nc(Cl)n(Cc2ccc(C)cc2)c1C(=O)CCC1CCC(C(=O)O)CC1.CS(=O)(=O)O. The van der Waals surface area contributed by atoms with Crippen molar-refractivity contribution in [2.75, 3.05) is 34.7 Å². The number of rotatable bonds is 16. The van der Waals surface area contributed by atoms with Gasteiger partial charge in [-0.25, -0.2) is 9.97 Å². The summed E-state index contributed by atoms with van der Waals surface area (Å²) in [5, 5.41) is 16.7. The molecule has 2 aliphatic carbocycles. The quantitative estimate of drug-likeness (QED) is 0.0411. The second kappa shape index (κ2) is 33.3. The fourth-order valence-corrected chi connectivity index (χ4v) is 9.07. The third kappa shape index (κ3) is 23.5. The van der Waals surface area contributed by atoms with Crippen LogP contribution in [0.15, 0.2) is 48.5 Å². The van der Waals surface area contributed by atoms with Gasteiger partial charge in [0.25, 0.3) is 10.1 Å². The van der Waals surface area contributed by atoms with E-state index in [4.69, 9.17) is 47.1 Å². The first-order chi connectivity index (χ1) is 35.7. The van der Waals surface area contributed by atoms with Crippen LogP contribution in [0.4, 0.5) is 0 Å². The number of aromatic nitrogens is 4. The van der Waals surface area contributed by atoms with Crippen molar-refractivity contribution in [1.29, 1.82) is 0 Å². The Morgan fingerprint density at radius 2 is 0.962 bits per heavy atom. The average molecular weight is 1140 g/mol. The van der Waals surface area contributed by atoms with Gasteiger partial charge in [-0.15, -0.1) is 0 Å². The summed E-state index contributed by atoms with van der Waals surface area (Å²) in [7, 11) is 1.95. The molecule has 0 bridgehead atoms. The molecule has 4 aromatic rings. The van der Waals surface area contributed by atoms with E-state index in [0.717, 1.165) is 80.7 Å². The van der Waals surface area contributed by atoms with Crippen molar-refractivity contribution in [3.05, 3.63) is 104 Å². The molecule has 2 aromatic carbocycles. The van der Waals surface area contributed by atoms with E-state index in [0.29, 0.717) is 79.6 Å². The number of hydrogen-bond donors (Lipinski definition) is 3. The third-order valence-electron chi connectivity index (χ3n) is 13.4. The van der Waals surface area contributed by atoms with Crippen LogP contribution < -0.4 is 0 Å². The Labute approximate surface area is 474 Å². The van der Waals surface area contributed by atoms with Gasteiger partial charge >= 0.3 is 11.9 Å². The summed E-state index contributed by atoms with van der Waals surface area (Å²) in [5.41, 5.74) is 4.61. The first-order valence-corrected chi connectivity index (χ1v) is 27.9. The molecule has 2 heterocycles. The fraction of sp³-hybridized carbons (Fsp3) is 0.559. The van der Waals surface area contributed by atoms with Gasteiger partial charge in [0.2, 0.25) is 10.6 Å². The van der Waals surface area contributed by atoms with Gasteiger partial charge in [0, 0.05) is 34.2 Å². The highest BCUT2D eigenvalue weighted by molar-refractivity contribution is 7.85. The van der Waals surface area contributed by atoms with Gasteiger partial charge in [-0.1, -0.05) is 86.4 Å². The van der Waals surface area contributed by atoms with Crippen LogP contribution in [0.2, 0.25) is 10.6 Å². The molecule has 0 unspecified atom stereocenters. The number of aliphatic hydroxyl groups excluding tert-OH is 1. The smallest absolute Gasteiger partial charge is 0.308 e. The van der Waals surface area contributed by atoms with E-state index in [2.05, 4.69) is 33.6 Å². The second-order valence-corrected chi connectivity index (χ2v) is 22.3. The molecule has 6 rings (SSSR count). The largest absolute Gasteiger partial charge is 0.481 e. The molecule has 2 aromatic heterocycles. The normalized spacial score (nSPS) is 16.9. The molecule has 0 aliphatic heterocycles. The van der Waals surface area contributed by atoms with Gasteiger partial charge in [0.05, 0.1) is 38.3 Å². The molecule has 0 radical (unpaired) electrons. The number of carbonyl (C=O) groups is 4. The maximum atomic E-state index is 13.5. The third-order valence-corrected chi connectivity index (χ3v) is 14.0. The first-order valence-electron chi connectivity index (χ1n) is 25.3. The lowest BCUT2D eigenvalue weighted by Gasteiger charge is -2.26. The Kier molecular flexibility index (Phi) is 30.1. The summed E-state index contributed by atoms with van der Waals surface area (Å²) >= 11 is 13.0. The lowest BCUT2D eigenvalue weighted by atomic mass is 9.79. The second-order valence-electron chi connectivity index (χ2n) is 20.2. The first kappa shape index (κ1) is 70.6. The Hall–Kier alpha value is -5.37. The number of halogens is 2. The van der Waals surface area contributed by atoms with Gasteiger partial charge in [-0.3, -0.25) is 23.7 Å². The zero-order valence-electron chi connectivity index (χ0n) is 45.8. The van der Waals surface area contributed by atoms with Crippen molar-refractivity contribution in [3.8, 4) is 23.7 Å². The number of carbonyl (C=O) groups excluding carboxylic acids is 3. The highest BCUT2D eigenvalue weighted by Crippen LogP contribution is 2.34. The van der Waals surface area contributed by atoms with Crippen LogP contribution in [0.3, 0.4) is 0 Å². The zero-order valence-corrected chi connectivity index (χ0v) is 48.1. The van der Waals surface area contributed by atoms with Crippen molar-refractivity contribution in [2.24, 2.45) is 23.7 Å². The number of aliphatic hydroxyl groups is 1. The number of esters is 1. The number of carboxylic acids is 1. The molecule has 2 fully saturated rings. The summed E-state index contributed by atoms with van der Waals surface area (Å²) in [6.07, 6.45) is 9.41. The number of Topliss-reactive ketones (excluding diaryl/α,β-unsaturated/α-hetero) is 2. The minimum atomic E-state index is -3.67. The molecule has 0 amide bonds. The van der Waals surface area contributed by atoms with Gasteiger partial charge in [-0.2, -0.15) is 8.42 Å². The monoisotopic (exact) mass is 1140 g/mol. The summed E-state index contributed by atoms with van der Waals surface area (Å²) in [4.78, 5) is 58.8. The van der Waals surface area contributed by atoms with Crippen LogP contribution in [0.1, 0.15) is 174 Å².